The zero-order chi connectivity index (χ0) is 21.6. The van der Waals surface area contributed by atoms with Crippen LogP contribution in [-0.2, 0) is 15.8 Å². The second kappa shape index (κ2) is 9.71. The number of halogens is 5. The fraction of sp³-hybridized carbons (Fsp3) is 0.222. The minimum Gasteiger partial charge on any atom is -0.493 e. The molecule has 0 heterocycles. The predicted molar refractivity (Wildman–Crippen MR) is 103 cm³/mol. The number of methoxy groups -OCH3 is 2. The molecule has 29 heavy (non-hydrogen) atoms. The molecule has 156 valence electrons. The second-order valence-electron chi connectivity index (χ2n) is 5.49. The quantitative estimate of drug-likeness (QED) is 0.474. The van der Waals surface area contributed by atoms with E-state index in [0.717, 1.165) is 12.1 Å². The Labute approximate surface area is 174 Å². The van der Waals surface area contributed by atoms with Crippen molar-refractivity contribution in [3.63, 3.8) is 0 Å². The van der Waals surface area contributed by atoms with E-state index < -0.39 is 29.3 Å². The van der Waals surface area contributed by atoms with Gasteiger partial charge in [-0.1, -0.05) is 28.4 Å². The Kier molecular flexibility index (Phi) is 7.58. The molecule has 2 aromatic carbocycles. The summed E-state index contributed by atoms with van der Waals surface area (Å²) in [6.07, 6.45) is -3.36. The fourth-order valence-corrected chi connectivity index (χ4v) is 2.74. The lowest BCUT2D eigenvalue weighted by atomic mass is 10.2. The SMILES string of the molecule is COc1cc(/C=N/OCC(=O)Nc2ccc(Cl)c(C(F)(F)F)c2)cc(Cl)c1OC. The lowest BCUT2D eigenvalue weighted by Gasteiger charge is -2.11. The number of hydrogen-bond acceptors (Lipinski definition) is 5. The van der Waals surface area contributed by atoms with Crippen LogP contribution in [0, 0.1) is 0 Å². The van der Waals surface area contributed by atoms with E-state index >= 15 is 0 Å². The lowest BCUT2D eigenvalue weighted by Crippen LogP contribution is -2.17. The Morgan fingerprint density at radius 2 is 1.86 bits per heavy atom. The summed E-state index contributed by atoms with van der Waals surface area (Å²) in [6.45, 7) is -0.526. The van der Waals surface area contributed by atoms with Crippen molar-refractivity contribution in [2.24, 2.45) is 5.16 Å². The molecule has 0 spiro atoms. The second-order valence-corrected chi connectivity index (χ2v) is 6.30. The van der Waals surface area contributed by atoms with Crippen molar-refractivity contribution in [2.45, 2.75) is 6.18 Å². The molecular formula is C18H15Cl2F3N2O4. The van der Waals surface area contributed by atoms with Crippen LogP contribution < -0.4 is 14.8 Å². The number of hydrogen-bond donors (Lipinski definition) is 1. The third kappa shape index (κ3) is 6.16. The van der Waals surface area contributed by atoms with Gasteiger partial charge < -0.3 is 19.6 Å². The highest BCUT2D eigenvalue weighted by atomic mass is 35.5. The first-order valence-corrected chi connectivity index (χ1v) is 8.64. The van der Waals surface area contributed by atoms with Crippen molar-refractivity contribution in [1.82, 2.24) is 0 Å². The number of alkyl halides is 3. The molecule has 1 amide bonds. The largest absolute Gasteiger partial charge is 0.493 e. The maximum atomic E-state index is 12.8. The van der Waals surface area contributed by atoms with Crippen LogP contribution in [0.1, 0.15) is 11.1 Å². The van der Waals surface area contributed by atoms with Gasteiger partial charge in [0, 0.05) is 11.3 Å². The molecule has 0 radical (unpaired) electrons. The molecule has 0 aromatic heterocycles. The highest BCUT2D eigenvalue weighted by Gasteiger charge is 2.33. The maximum absolute atomic E-state index is 12.8. The van der Waals surface area contributed by atoms with E-state index in [-0.39, 0.29) is 10.7 Å². The molecule has 0 fully saturated rings. The number of nitrogens with zero attached hydrogens (tertiary/aromatic N) is 1. The summed E-state index contributed by atoms with van der Waals surface area (Å²) < 4.78 is 48.8. The molecule has 0 aliphatic carbocycles. The number of benzene rings is 2. The normalized spacial score (nSPS) is 11.4. The van der Waals surface area contributed by atoms with Gasteiger partial charge in [0.25, 0.3) is 5.91 Å². The van der Waals surface area contributed by atoms with Gasteiger partial charge in [0.1, 0.15) is 0 Å². The van der Waals surface area contributed by atoms with Crippen LogP contribution in [0.4, 0.5) is 18.9 Å². The van der Waals surface area contributed by atoms with Crippen molar-refractivity contribution in [3.05, 3.63) is 51.5 Å². The molecule has 1 N–H and O–H groups in total. The van der Waals surface area contributed by atoms with Gasteiger partial charge in [-0.15, -0.1) is 0 Å². The molecule has 2 rings (SSSR count). The van der Waals surface area contributed by atoms with E-state index in [1.807, 2.05) is 0 Å². The van der Waals surface area contributed by atoms with E-state index in [4.69, 9.17) is 37.5 Å². The monoisotopic (exact) mass is 450 g/mol. The number of carbonyl (C=O) groups is 1. The molecule has 11 heteroatoms. The molecule has 2 aromatic rings. The number of carbonyl (C=O) groups excluding carboxylic acids is 1. The van der Waals surface area contributed by atoms with Gasteiger partial charge in [0.2, 0.25) is 0 Å². The summed E-state index contributed by atoms with van der Waals surface area (Å²) in [7, 11) is 2.88. The zero-order valence-corrected chi connectivity index (χ0v) is 16.7. The van der Waals surface area contributed by atoms with Crippen LogP contribution in [0.2, 0.25) is 10.0 Å². The third-order valence-corrected chi connectivity index (χ3v) is 4.09. The molecule has 6 nitrogen and oxygen atoms in total. The molecular weight excluding hydrogens is 436 g/mol. The molecule has 0 unspecified atom stereocenters. The number of oxime groups is 1. The minimum absolute atomic E-state index is 0.0778. The fourth-order valence-electron chi connectivity index (χ4n) is 2.22. The Hall–Kier alpha value is -2.65. The molecule has 0 saturated carbocycles. The summed E-state index contributed by atoms with van der Waals surface area (Å²) in [4.78, 5) is 16.7. The standard InChI is InChI=1S/C18H15Cl2F3N2O4/c1-27-15-6-10(5-14(20)17(15)28-2)8-24-29-9-16(26)25-11-3-4-13(19)12(7-11)18(21,22)23/h3-8H,9H2,1-2H3,(H,25,26)/b24-8+. The molecule has 0 aliphatic rings. The maximum Gasteiger partial charge on any atom is 0.417 e. The van der Waals surface area contributed by atoms with Crippen molar-refractivity contribution < 1.29 is 32.3 Å². The molecule has 0 saturated heterocycles. The highest BCUT2D eigenvalue weighted by Crippen LogP contribution is 2.36. The number of nitrogens with one attached hydrogen (secondary N) is 1. The van der Waals surface area contributed by atoms with Gasteiger partial charge >= 0.3 is 6.18 Å². The summed E-state index contributed by atoms with van der Waals surface area (Å²) in [5, 5.41) is 5.71. The molecule has 0 aliphatic heterocycles. The van der Waals surface area contributed by atoms with E-state index in [9.17, 15) is 18.0 Å². The third-order valence-electron chi connectivity index (χ3n) is 3.48. The van der Waals surface area contributed by atoms with Gasteiger partial charge in [-0.2, -0.15) is 13.2 Å². The summed E-state index contributed by atoms with van der Waals surface area (Å²) in [6, 6.07) is 6.14. The Bertz CT molecular complexity index is 921. The van der Waals surface area contributed by atoms with Gasteiger partial charge in [0.05, 0.1) is 36.0 Å². The van der Waals surface area contributed by atoms with Crippen LogP contribution in [0.25, 0.3) is 0 Å². The van der Waals surface area contributed by atoms with Crippen molar-refractivity contribution in [2.75, 3.05) is 26.1 Å². The van der Waals surface area contributed by atoms with Gasteiger partial charge in [0.15, 0.2) is 18.1 Å². The number of anilines is 1. The first-order chi connectivity index (χ1) is 13.7. The number of rotatable bonds is 7. The van der Waals surface area contributed by atoms with Crippen LogP contribution in [0.3, 0.4) is 0 Å². The van der Waals surface area contributed by atoms with Gasteiger partial charge in [-0.25, -0.2) is 0 Å². The van der Waals surface area contributed by atoms with Crippen molar-refractivity contribution >= 4 is 41.0 Å². The Morgan fingerprint density at radius 3 is 2.48 bits per heavy atom. The van der Waals surface area contributed by atoms with Crippen LogP contribution in [0.5, 0.6) is 11.5 Å². The first-order valence-electron chi connectivity index (χ1n) is 7.89. The topological polar surface area (TPSA) is 69.2 Å². The van der Waals surface area contributed by atoms with Gasteiger partial charge in [-0.05, 0) is 30.3 Å². The lowest BCUT2D eigenvalue weighted by molar-refractivity contribution is -0.137. The zero-order valence-electron chi connectivity index (χ0n) is 15.1. The average molecular weight is 451 g/mol. The Morgan fingerprint density at radius 1 is 1.14 bits per heavy atom. The minimum atomic E-state index is -4.64. The van der Waals surface area contributed by atoms with E-state index in [2.05, 4.69) is 10.5 Å². The van der Waals surface area contributed by atoms with Crippen LogP contribution >= 0.6 is 23.2 Å². The average Bonchev–Trinajstić information content (AvgIpc) is 2.65. The van der Waals surface area contributed by atoms with E-state index in [0.29, 0.717) is 17.1 Å². The Balaban J connectivity index is 1.96. The summed E-state index contributed by atoms with van der Waals surface area (Å²) in [5.41, 5.74) is -0.618. The van der Waals surface area contributed by atoms with Gasteiger partial charge in [-0.3, -0.25) is 4.79 Å². The highest BCUT2D eigenvalue weighted by molar-refractivity contribution is 6.32. The number of ether oxygens (including phenoxy) is 2. The molecule has 0 atom stereocenters. The smallest absolute Gasteiger partial charge is 0.417 e. The van der Waals surface area contributed by atoms with Crippen LogP contribution in [-0.4, -0.2) is 32.9 Å². The van der Waals surface area contributed by atoms with Crippen molar-refractivity contribution in [1.29, 1.82) is 0 Å². The summed E-state index contributed by atoms with van der Waals surface area (Å²) >= 11 is 11.6. The van der Waals surface area contributed by atoms with E-state index in [1.165, 1.54) is 26.5 Å². The predicted octanol–water partition coefficient (Wildman–Crippen LogP) is 5.02. The van der Waals surface area contributed by atoms with E-state index in [1.54, 1.807) is 12.1 Å². The van der Waals surface area contributed by atoms with Crippen LogP contribution in [0.15, 0.2) is 35.5 Å². The molecule has 0 bridgehead atoms. The summed E-state index contributed by atoms with van der Waals surface area (Å²) in [5.74, 6) is 0.0261. The van der Waals surface area contributed by atoms with Crippen molar-refractivity contribution in [3.8, 4) is 11.5 Å². The number of amides is 1. The first kappa shape index (κ1) is 22.6.